The van der Waals surface area contributed by atoms with E-state index in [9.17, 15) is 4.79 Å². The third-order valence-corrected chi connectivity index (χ3v) is 5.49. The number of methoxy groups -OCH3 is 2. The number of rotatable bonds is 7. The number of carbonyl (C=O) groups excluding carboxylic acids is 1. The summed E-state index contributed by atoms with van der Waals surface area (Å²) in [6, 6.07) is 20.6. The van der Waals surface area contributed by atoms with Gasteiger partial charge >= 0.3 is 0 Å². The second-order valence-corrected chi connectivity index (χ2v) is 7.97. The van der Waals surface area contributed by atoms with E-state index >= 15 is 0 Å². The van der Waals surface area contributed by atoms with Gasteiger partial charge in [-0.1, -0.05) is 47.1 Å². The Hall–Kier alpha value is -4.66. The van der Waals surface area contributed by atoms with Crippen LogP contribution in [0.15, 0.2) is 71.3 Å². The summed E-state index contributed by atoms with van der Waals surface area (Å²) in [7, 11) is 3.11. The van der Waals surface area contributed by atoms with Crippen molar-refractivity contribution in [3.05, 3.63) is 72.3 Å². The highest BCUT2D eigenvalue weighted by Crippen LogP contribution is 2.29. The molecule has 9 heteroatoms. The van der Waals surface area contributed by atoms with Crippen molar-refractivity contribution in [2.24, 2.45) is 0 Å². The molecule has 5 rings (SSSR count). The number of aryl methyl sites for hydroxylation is 1. The van der Waals surface area contributed by atoms with Crippen LogP contribution < -0.4 is 14.8 Å². The number of para-hydroxylation sites is 1. The van der Waals surface area contributed by atoms with Crippen molar-refractivity contribution in [1.82, 2.24) is 19.9 Å². The largest absolute Gasteiger partial charge is 0.497 e. The lowest BCUT2D eigenvalue weighted by molar-refractivity contribution is -0.116. The molecule has 35 heavy (non-hydrogen) atoms. The van der Waals surface area contributed by atoms with Gasteiger partial charge in [-0.25, -0.2) is 0 Å². The van der Waals surface area contributed by atoms with Gasteiger partial charge in [0.05, 0.1) is 19.7 Å². The number of anilines is 1. The van der Waals surface area contributed by atoms with Gasteiger partial charge in [-0.3, -0.25) is 9.48 Å². The average molecular weight is 470 g/mol. The number of ether oxygens (including phenoxy) is 2. The number of nitrogens with zero attached hydrogens (tertiary/aromatic N) is 4. The van der Waals surface area contributed by atoms with Gasteiger partial charge in [-0.05, 0) is 19.1 Å². The van der Waals surface area contributed by atoms with Crippen LogP contribution in [-0.2, 0) is 11.3 Å². The summed E-state index contributed by atoms with van der Waals surface area (Å²) < 4.78 is 17.7. The molecule has 0 aliphatic carbocycles. The van der Waals surface area contributed by atoms with E-state index in [1.165, 1.54) is 0 Å². The minimum Gasteiger partial charge on any atom is -0.497 e. The quantitative estimate of drug-likeness (QED) is 0.368. The van der Waals surface area contributed by atoms with Gasteiger partial charge in [0.25, 0.3) is 5.89 Å². The second kappa shape index (κ2) is 9.30. The molecule has 0 aliphatic heterocycles. The number of fused-ring (bicyclic) bond motifs is 1. The smallest absolute Gasteiger partial charge is 0.279 e. The van der Waals surface area contributed by atoms with Gasteiger partial charge in [0, 0.05) is 34.8 Å². The highest BCUT2D eigenvalue weighted by molar-refractivity contribution is 5.95. The van der Waals surface area contributed by atoms with Crippen LogP contribution in [0.4, 0.5) is 5.69 Å². The summed E-state index contributed by atoms with van der Waals surface area (Å²) >= 11 is 0. The van der Waals surface area contributed by atoms with E-state index in [4.69, 9.17) is 14.0 Å². The van der Waals surface area contributed by atoms with Crippen LogP contribution in [0.3, 0.4) is 0 Å². The zero-order chi connectivity index (χ0) is 24.4. The van der Waals surface area contributed by atoms with Gasteiger partial charge in [0.2, 0.25) is 11.7 Å². The van der Waals surface area contributed by atoms with Crippen molar-refractivity contribution >= 4 is 22.5 Å². The van der Waals surface area contributed by atoms with E-state index in [0.717, 1.165) is 22.0 Å². The van der Waals surface area contributed by atoms with E-state index in [1.807, 2.05) is 55.5 Å². The molecular weight excluding hydrogens is 446 g/mol. The predicted molar refractivity (Wildman–Crippen MR) is 131 cm³/mol. The average Bonchev–Trinajstić information content (AvgIpc) is 3.49. The molecule has 9 nitrogen and oxygen atoms in total. The van der Waals surface area contributed by atoms with Gasteiger partial charge in [0.15, 0.2) is 5.69 Å². The van der Waals surface area contributed by atoms with E-state index < -0.39 is 0 Å². The Morgan fingerprint density at radius 1 is 1.00 bits per heavy atom. The van der Waals surface area contributed by atoms with Crippen LogP contribution in [0.2, 0.25) is 0 Å². The SMILES string of the molecule is COc1cc(NC(=O)Cn2nc(-c3nc(-c4cccc(C)c4)no3)c3ccccc32)cc(OC)c1. The van der Waals surface area contributed by atoms with E-state index in [1.54, 1.807) is 37.1 Å². The molecule has 5 aromatic rings. The number of benzene rings is 3. The number of amides is 1. The molecule has 0 saturated carbocycles. The van der Waals surface area contributed by atoms with Crippen LogP contribution in [0.25, 0.3) is 33.9 Å². The summed E-state index contributed by atoms with van der Waals surface area (Å²) in [5.41, 5.74) is 3.81. The Bertz CT molecular complexity index is 1500. The highest BCUT2D eigenvalue weighted by Gasteiger charge is 2.20. The molecule has 2 heterocycles. The number of carbonyl (C=O) groups is 1. The molecule has 1 N–H and O–H groups in total. The van der Waals surface area contributed by atoms with Crippen molar-refractivity contribution in [3.8, 4) is 34.5 Å². The number of hydrogen-bond donors (Lipinski definition) is 1. The van der Waals surface area contributed by atoms with Crippen LogP contribution in [0.5, 0.6) is 11.5 Å². The van der Waals surface area contributed by atoms with Crippen molar-refractivity contribution in [1.29, 1.82) is 0 Å². The van der Waals surface area contributed by atoms with E-state index in [0.29, 0.717) is 28.7 Å². The third kappa shape index (κ3) is 4.56. The lowest BCUT2D eigenvalue weighted by atomic mass is 10.1. The Balaban J connectivity index is 1.44. The maximum absolute atomic E-state index is 12.9. The third-order valence-electron chi connectivity index (χ3n) is 5.49. The molecule has 0 saturated heterocycles. The summed E-state index contributed by atoms with van der Waals surface area (Å²) in [4.78, 5) is 17.4. The number of hydrogen-bond acceptors (Lipinski definition) is 7. The summed E-state index contributed by atoms with van der Waals surface area (Å²) in [6.07, 6.45) is 0. The molecule has 3 aromatic carbocycles. The molecule has 0 fully saturated rings. The lowest BCUT2D eigenvalue weighted by Crippen LogP contribution is -2.19. The lowest BCUT2D eigenvalue weighted by Gasteiger charge is -2.10. The normalized spacial score (nSPS) is 10.9. The van der Waals surface area contributed by atoms with Crippen LogP contribution in [0.1, 0.15) is 5.56 Å². The molecule has 1 amide bonds. The van der Waals surface area contributed by atoms with Crippen molar-refractivity contribution in [2.75, 3.05) is 19.5 Å². The first-order valence-corrected chi connectivity index (χ1v) is 10.9. The fourth-order valence-corrected chi connectivity index (χ4v) is 3.84. The Labute approximate surface area is 201 Å². The maximum atomic E-state index is 12.9. The maximum Gasteiger partial charge on any atom is 0.279 e. The second-order valence-electron chi connectivity index (χ2n) is 7.97. The van der Waals surface area contributed by atoms with Crippen LogP contribution in [-0.4, -0.2) is 40.0 Å². The van der Waals surface area contributed by atoms with Gasteiger partial charge in [0.1, 0.15) is 18.0 Å². The van der Waals surface area contributed by atoms with Crippen molar-refractivity contribution in [2.45, 2.75) is 13.5 Å². The molecule has 0 spiro atoms. The minimum absolute atomic E-state index is 0.0150. The first-order valence-electron chi connectivity index (χ1n) is 10.9. The van der Waals surface area contributed by atoms with Gasteiger partial charge < -0.3 is 19.3 Å². The Kier molecular flexibility index (Phi) is 5.88. The summed E-state index contributed by atoms with van der Waals surface area (Å²) in [5, 5.41) is 12.5. The Morgan fingerprint density at radius 3 is 2.51 bits per heavy atom. The molecule has 176 valence electrons. The van der Waals surface area contributed by atoms with E-state index in [2.05, 4.69) is 20.6 Å². The number of aromatic nitrogens is 4. The Morgan fingerprint density at radius 2 is 1.77 bits per heavy atom. The zero-order valence-electron chi connectivity index (χ0n) is 19.5. The number of nitrogens with one attached hydrogen (secondary N) is 1. The first-order chi connectivity index (χ1) is 17.0. The topological polar surface area (TPSA) is 104 Å². The molecular formula is C26H23N5O4. The molecule has 2 aromatic heterocycles. The van der Waals surface area contributed by atoms with Crippen molar-refractivity contribution < 1.29 is 18.8 Å². The molecule has 0 aliphatic rings. The fourth-order valence-electron chi connectivity index (χ4n) is 3.84. The predicted octanol–water partition coefficient (Wildman–Crippen LogP) is 4.72. The molecule has 0 radical (unpaired) electrons. The van der Waals surface area contributed by atoms with E-state index in [-0.39, 0.29) is 18.3 Å². The molecule has 0 atom stereocenters. The monoisotopic (exact) mass is 469 g/mol. The van der Waals surface area contributed by atoms with Crippen LogP contribution in [0, 0.1) is 6.92 Å². The van der Waals surface area contributed by atoms with Crippen molar-refractivity contribution in [3.63, 3.8) is 0 Å². The zero-order valence-corrected chi connectivity index (χ0v) is 19.5. The van der Waals surface area contributed by atoms with Crippen LogP contribution >= 0.6 is 0 Å². The van der Waals surface area contributed by atoms with Gasteiger partial charge in [-0.15, -0.1) is 0 Å². The molecule has 0 unspecified atom stereocenters. The molecule has 0 bridgehead atoms. The standard InChI is InChI=1S/C26H23N5O4/c1-16-7-6-8-17(11-16)25-28-26(35-30-25)24-21-9-4-5-10-22(21)31(29-24)15-23(32)27-18-12-19(33-2)14-20(13-18)34-3/h4-14H,15H2,1-3H3,(H,27,32). The summed E-state index contributed by atoms with van der Waals surface area (Å²) in [6.45, 7) is 1.99. The first kappa shape index (κ1) is 22.1. The highest BCUT2D eigenvalue weighted by atomic mass is 16.5. The summed E-state index contributed by atoms with van der Waals surface area (Å²) in [5.74, 6) is 1.66. The van der Waals surface area contributed by atoms with Gasteiger partial charge in [-0.2, -0.15) is 10.1 Å². The minimum atomic E-state index is -0.258. The fraction of sp³-hybridized carbons (Fsp3) is 0.154.